The van der Waals surface area contributed by atoms with E-state index in [-0.39, 0.29) is 25.2 Å². The zero-order chi connectivity index (χ0) is 30.6. The lowest BCUT2D eigenvalue weighted by Gasteiger charge is -2.36. The second-order valence-electron chi connectivity index (χ2n) is 12.0. The number of nitrogens with one attached hydrogen (secondary N) is 1. The maximum absolute atomic E-state index is 12.0. The van der Waals surface area contributed by atoms with Crippen LogP contribution in [0, 0.1) is 13.8 Å². The van der Waals surface area contributed by atoms with Gasteiger partial charge < -0.3 is 29.5 Å². The van der Waals surface area contributed by atoms with Crippen LogP contribution in [0.25, 0.3) is 0 Å². The van der Waals surface area contributed by atoms with E-state index in [0.717, 1.165) is 55.3 Å². The monoisotopic (exact) mass is 650 g/mol. The van der Waals surface area contributed by atoms with E-state index in [4.69, 9.17) is 9.47 Å². The number of aryl methyl sites for hydroxylation is 2. The molecule has 236 valence electrons. The Morgan fingerprint density at radius 2 is 1.19 bits per heavy atom. The number of amides is 2. The van der Waals surface area contributed by atoms with Gasteiger partial charge in [-0.15, -0.1) is 0 Å². The third-order valence-electron chi connectivity index (χ3n) is 5.80. The molecule has 1 N–H and O–H groups in total. The first-order valence-electron chi connectivity index (χ1n) is 14.1. The van der Waals surface area contributed by atoms with Crippen molar-refractivity contribution >= 4 is 33.9 Å². The number of carbonyl (C=O) groups excluding carboxylic acids is 2. The van der Waals surface area contributed by atoms with E-state index in [1.165, 1.54) is 5.56 Å². The van der Waals surface area contributed by atoms with E-state index in [1.54, 1.807) is 9.80 Å². The third kappa shape index (κ3) is 14.8. The van der Waals surface area contributed by atoms with Gasteiger partial charge in [0, 0.05) is 64.8 Å². The van der Waals surface area contributed by atoms with Gasteiger partial charge in [0.15, 0.2) is 0 Å². The van der Waals surface area contributed by atoms with Crippen LogP contribution >= 0.6 is 15.9 Å². The fourth-order valence-electron chi connectivity index (χ4n) is 3.72. The Hall–Kier alpha value is -2.92. The van der Waals surface area contributed by atoms with E-state index in [0.29, 0.717) is 13.1 Å². The predicted molar refractivity (Wildman–Crippen MR) is 173 cm³/mol. The molecule has 2 aromatic heterocycles. The minimum absolute atomic E-state index is 0. The summed E-state index contributed by atoms with van der Waals surface area (Å²) in [6, 6.07) is 8.02. The molecule has 0 aliphatic carbocycles. The van der Waals surface area contributed by atoms with E-state index >= 15 is 0 Å². The van der Waals surface area contributed by atoms with Crippen LogP contribution in [0.1, 0.15) is 60.1 Å². The molecule has 0 saturated carbocycles. The molecule has 2 aliphatic heterocycles. The first kappa shape index (κ1) is 37.1. The lowest BCUT2D eigenvalue weighted by molar-refractivity contribution is 0.0223. The fourth-order valence-corrected chi connectivity index (χ4v) is 3.95. The minimum atomic E-state index is -0.438. The Morgan fingerprint density at radius 3 is 1.57 bits per heavy atom. The molecule has 4 heterocycles. The maximum Gasteiger partial charge on any atom is 0.410 e. The molecule has 0 radical (unpaired) electrons. The van der Waals surface area contributed by atoms with Crippen LogP contribution in [0.3, 0.4) is 0 Å². The number of carbonyl (C=O) groups is 2. The SMILES string of the molecule is C.CC(C)(C)OC(=O)N1CCNCC1.Cc1ccc(Br)nc1.Cc1ccc(N2CCN(C(=O)OC(C)(C)C)CC2)nc1. The number of hydrogen-bond donors (Lipinski definition) is 1. The number of rotatable bonds is 1. The van der Waals surface area contributed by atoms with Gasteiger partial charge in [-0.25, -0.2) is 19.6 Å². The molecule has 2 fully saturated rings. The van der Waals surface area contributed by atoms with Crippen molar-refractivity contribution in [1.29, 1.82) is 0 Å². The van der Waals surface area contributed by atoms with Gasteiger partial charge in [-0.3, -0.25) is 0 Å². The summed E-state index contributed by atoms with van der Waals surface area (Å²) in [5, 5.41) is 3.18. The van der Waals surface area contributed by atoms with Crippen LogP contribution in [-0.2, 0) is 9.47 Å². The minimum Gasteiger partial charge on any atom is -0.444 e. The van der Waals surface area contributed by atoms with Gasteiger partial charge in [0.05, 0.1) is 0 Å². The third-order valence-corrected chi connectivity index (χ3v) is 6.26. The van der Waals surface area contributed by atoms with Crippen molar-refractivity contribution in [2.24, 2.45) is 0 Å². The Morgan fingerprint density at radius 1 is 0.738 bits per heavy atom. The highest BCUT2D eigenvalue weighted by molar-refractivity contribution is 9.10. The van der Waals surface area contributed by atoms with Crippen molar-refractivity contribution in [3.05, 3.63) is 52.4 Å². The second-order valence-corrected chi connectivity index (χ2v) is 12.8. The molecule has 2 aromatic rings. The van der Waals surface area contributed by atoms with Gasteiger partial charge in [-0.1, -0.05) is 19.6 Å². The highest BCUT2D eigenvalue weighted by atomic mass is 79.9. The Bertz CT molecular complexity index is 1050. The van der Waals surface area contributed by atoms with E-state index in [2.05, 4.69) is 42.2 Å². The number of piperazine rings is 2. The van der Waals surface area contributed by atoms with Crippen molar-refractivity contribution in [3.63, 3.8) is 0 Å². The maximum atomic E-state index is 12.0. The van der Waals surface area contributed by atoms with Gasteiger partial charge in [-0.2, -0.15) is 0 Å². The molecule has 0 spiro atoms. The van der Waals surface area contributed by atoms with Gasteiger partial charge in [0.25, 0.3) is 0 Å². The molecule has 0 bridgehead atoms. The van der Waals surface area contributed by atoms with Gasteiger partial charge in [0.2, 0.25) is 0 Å². The second kappa shape index (κ2) is 17.3. The predicted octanol–water partition coefficient (Wildman–Crippen LogP) is 6.06. The van der Waals surface area contributed by atoms with Crippen molar-refractivity contribution < 1.29 is 19.1 Å². The first-order chi connectivity index (χ1) is 19.1. The van der Waals surface area contributed by atoms with Crippen LogP contribution in [0.5, 0.6) is 0 Å². The van der Waals surface area contributed by atoms with Crippen LogP contribution < -0.4 is 10.2 Å². The van der Waals surface area contributed by atoms with Crippen LogP contribution in [0.2, 0.25) is 0 Å². The molecule has 2 amide bonds. The fraction of sp³-hybridized carbons (Fsp3) is 0.613. The molecule has 0 unspecified atom stereocenters. The standard InChI is InChI=1S/C15H23N3O2.C9H18N2O2.C6H6BrN.CH4/c1-12-5-6-13(16-11-12)17-7-9-18(10-8-17)14(19)20-15(2,3)4;1-9(2,3)13-8(12)11-6-4-10-5-7-11;1-5-2-3-6(7)8-4-5;/h5-6,11H,7-10H2,1-4H3;10H,4-7H2,1-3H3;2-4H,1H3;1H4. The summed E-state index contributed by atoms with van der Waals surface area (Å²) < 4.78 is 11.5. The topological polar surface area (TPSA) is 100 Å². The summed E-state index contributed by atoms with van der Waals surface area (Å²) in [5.41, 5.74) is 1.52. The average molecular weight is 652 g/mol. The molecular weight excluding hydrogens is 600 g/mol. The number of ether oxygens (including phenoxy) is 2. The number of hydrogen-bond acceptors (Lipinski definition) is 8. The molecular formula is C31H51BrN6O4. The van der Waals surface area contributed by atoms with E-state index < -0.39 is 5.60 Å². The lowest BCUT2D eigenvalue weighted by Crippen LogP contribution is -2.50. The number of nitrogens with zero attached hydrogens (tertiary/aromatic N) is 5. The zero-order valence-electron chi connectivity index (χ0n) is 25.9. The highest BCUT2D eigenvalue weighted by Crippen LogP contribution is 2.16. The Kier molecular flexibility index (Phi) is 15.2. The lowest BCUT2D eigenvalue weighted by atomic mass is 10.2. The van der Waals surface area contributed by atoms with E-state index in [9.17, 15) is 9.59 Å². The molecule has 4 rings (SSSR count). The molecule has 0 aromatic carbocycles. The molecule has 2 saturated heterocycles. The van der Waals surface area contributed by atoms with Gasteiger partial charge >= 0.3 is 12.2 Å². The quantitative estimate of drug-likeness (QED) is 0.372. The summed E-state index contributed by atoms with van der Waals surface area (Å²) in [6.45, 7) is 21.5. The molecule has 42 heavy (non-hydrogen) atoms. The smallest absolute Gasteiger partial charge is 0.410 e. The van der Waals surface area contributed by atoms with Crippen LogP contribution in [0.15, 0.2) is 41.3 Å². The molecule has 11 heteroatoms. The van der Waals surface area contributed by atoms with Crippen LogP contribution in [-0.4, -0.2) is 95.5 Å². The van der Waals surface area contributed by atoms with Crippen LogP contribution in [0.4, 0.5) is 15.4 Å². The average Bonchev–Trinajstić information content (AvgIpc) is 2.90. The Balaban J connectivity index is 0.000000344. The first-order valence-corrected chi connectivity index (χ1v) is 14.8. The largest absolute Gasteiger partial charge is 0.444 e. The molecule has 0 atom stereocenters. The van der Waals surface area contributed by atoms with Crippen molar-refractivity contribution in [1.82, 2.24) is 25.1 Å². The van der Waals surface area contributed by atoms with Crippen molar-refractivity contribution in [3.8, 4) is 0 Å². The molecule has 10 nitrogen and oxygen atoms in total. The van der Waals surface area contributed by atoms with Crippen molar-refractivity contribution in [2.75, 3.05) is 57.3 Å². The highest BCUT2D eigenvalue weighted by Gasteiger charge is 2.26. The summed E-state index contributed by atoms with van der Waals surface area (Å²) >= 11 is 3.23. The van der Waals surface area contributed by atoms with Gasteiger partial charge in [-0.05, 0) is 94.6 Å². The summed E-state index contributed by atoms with van der Waals surface area (Å²) in [7, 11) is 0. The Labute approximate surface area is 261 Å². The number of pyridine rings is 2. The zero-order valence-corrected chi connectivity index (χ0v) is 27.5. The normalized spacial score (nSPS) is 15.2. The van der Waals surface area contributed by atoms with Gasteiger partial charge in [0.1, 0.15) is 21.6 Å². The summed E-state index contributed by atoms with van der Waals surface area (Å²) in [4.78, 5) is 37.6. The van der Waals surface area contributed by atoms with Crippen molar-refractivity contribution in [2.45, 2.75) is 74.0 Å². The number of anilines is 1. The van der Waals surface area contributed by atoms with E-state index in [1.807, 2.05) is 86.0 Å². The summed E-state index contributed by atoms with van der Waals surface area (Å²) in [6.07, 6.45) is 3.27. The number of halogens is 1. The summed E-state index contributed by atoms with van der Waals surface area (Å²) in [5.74, 6) is 0.972. The number of aromatic nitrogens is 2. The molecule has 2 aliphatic rings.